The van der Waals surface area contributed by atoms with Crippen molar-refractivity contribution in [2.24, 2.45) is 0 Å². The van der Waals surface area contributed by atoms with E-state index in [9.17, 15) is 34.8 Å². The fraction of sp³-hybridized carbons (Fsp3) is 0.761. The number of aliphatic carboxylic acids is 1. The number of esters is 2. The lowest BCUT2D eigenvalue weighted by atomic mass is 9.99. The first kappa shape index (κ1) is 52.2. The maximum absolute atomic E-state index is 12.8. The fourth-order valence-electron chi connectivity index (χ4n) is 6.46. The molecule has 6 unspecified atom stereocenters. The highest BCUT2D eigenvalue weighted by Gasteiger charge is 2.47. The summed E-state index contributed by atoms with van der Waals surface area (Å²) < 4.78 is 21.7. The molecule has 0 spiro atoms. The number of carboxylic acid groups (broad SMARTS) is 1. The van der Waals surface area contributed by atoms with Gasteiger partial charge < -0.3 is 39.4 Å². The first-order valence-electron chi connectivity index (χ1n) is 22.2. The van der Waals surface area contributed by atoms with Crippen molar-refractivity contribution in [3.8, 4) is 0 Å². The van der Waals surface area contributed by atoms with Gasteiger partial charge in [-0.15, -0.1) is 0 Å². The second-order valence-corrected chi connectivity index (χ2v) is 15.2. The molecule has 328 valence electrons. The van der Waals surface area contributed by atoms with E-state index in [2.05, 4.69) is 62.5 Å². The minimum atomic E-state index is -1.87. The highest BCUT2D eigenvalue weighted by Crippen LogP contribution is 2.23. The maximum Gasteiger partial charge on any atom is 0.335 e. The summed E-state index contributed by atoms with van der Waals surface area (Å²) in [6.45, 7) is 3.66. The molecular weight excluding hydrogens is 728 g/mol. The van der Waals surface area contributed by atoms with Crippen molar-refractivity contribution < 1.29 is 53.8 Å². The SMILES string of the molecule is CC/C=C\C/C=C\C/C=C\C/C=C\CCCCC(=O)OCC(COC1OC(C(=O)O)C(O)C(O)C1O)OC(=O)CCCCCCCCCCCCCCCCCC. The summed E-state index contributed by atoms with van der Waals surface area (Å²) >= 11 is 0. The zero-order chi connectivity index (χ0) is 41.8. The number of hydrogen-bond donors (Lipinski definition) is 4. The van der Waals surface area contributed by atoms with Crippen molar-refractivity contribution >= 4 is 17.9 Å². The number of hydrogen-bond acceptors (Lipinski definition) is 10. The predicted octanol–water partition coefficient (Wildman–Crippen LogP) is 9.37. The van der Waals surface area contributed by atoms with Crippen LogP contribution in [0.5, 0.6) is 0 Å². The Bertz CT molecular complexity index is 1130. The van der Waals surface area contributed by atoms with Crippen LogP contribution in [0.4, 0.5) is 0 Å². The average molecular weight is 807 g/mol. The van der Waals surface area contributed by atoms with Crippen molar-refractivity contribution in [2.45, 2.75) is 211 Å². The Morgan fingerprint density at radius 2 is 1.04 bits per heavy atom. The van der Waals surface area contributed by atoms with Crippen LogP contribution in [0.2, 0.25) is 0 Å². The smallest absolute Gasteiger partial charge is 0.335 e. The lowest BCUT2D eigenvalue weighted by Gasteiger charge is -2.38. The van der Waals surface area contributed by atoms with E-state index in [0.29, 0.717) is 12.8 Å². The Morgan fingerprint density at radius 3 is 1.56 bits per heavy atom. The molecule has 1 aliphatic heterocycles. The van der Waals surface area contributed by atoms with Crippen LogP contribution in [0.15, 0.2) is 48.6 Å². The van der Waals surface area contributed by atoms with E-state index in [0.717, 1.165) is 57.8 Å². The van der Waals surface area contributed by atoms with Crippen LogP contribution in [0, 0.1) is 0 Å². The molecule has 0 aromatic carbocycles. The van der Waals surface area contributed by atoms with Crippen molar-refractivity contribution in [1.29, 1.82) is 0 Å². The van der Waals surface area contributed by atoms with Crippen molar-refractivity contribution in [1.82, 2.24) is 0 Å². The molecule has 1 fully saturated rings. The molecule has 1 saturated heterocycles. The van der Waals surface area contributed by atoms with Gasteiger partial charge in [0.2, 0.25) is 0 Å². The molecular formula is C46H78O11. The van der Waals surface area contributed by atoms with Gasteiger partial charge in [0.15, 0.2) is 18.5 Å². The van der Waals surface area contributed by atoms with Gasteiger partial charge in [-0.25, -0.2) is 4.79 Å². The molecule has 0 aliphatic carbocycles. The number of aliphatic hydroxyl groups is 3. The molecule has 1 aliphatic rings. The quantitative estimate of drug-likeness (QED) is 0.0270. The maximum atomic E-state index is 12.8. The lowest BCUT2D eigenvalue weighted by molar-refractivity contribution is -0.298. The molecule has 0 amide bonds. The summed E-state index contributed by atoms with van der Waals surface area (Å²) in [5.74, 6) is -2.50. The summed E-state index contributed by atoms with van der Waals surface area (Å²) in [5.41, 5.74) is 0. The molecule has 0 bridgehead atoms. The number of carboxylic acids is 1. The molecule has 0 aromatic rings. The fourth-order valence-corrected chi connectivity index (χ4v) is 6.46. The van der Waals surface area contributed by atoms with Crippen LogP contribution in [0.25, 0.3) is 0 Å². The highest BCUT2D eigenvalue weighted by atomic mass is 16.7. The third-order valence-corrected chi connectivity index (χ3v) is 9.94. The van der Waals surface area contributed by atoms with Gasteiger partial charge in [0.1, 0.15) is 24.9 Å². The highest BCUT2D eigenvalue weighted by molar-refractivity contribution is 5.73. The summed E-state index contributed by atoms with van der Waals surface area (Å²) in [6, 6.07) is 0. The number of aliphatic hydroxyl groups excluding tert-OH is 3. The van der Waals surface area contributed by atoms with Gasteiger partial charge in [-0.2, -0.15) is 0 Å². The van der Waals surface area contributed by atoms with Gasteiger partial charge in [0.25, 0.3) is 0 Å². The molecule has 1 heterocycles. The Labute approximate surface area is 344 Å². The van der Waals surface area contributed by atoms with E-state index in [4.69, 9.17) is 18.9 Å². The lowest BCUT2D eigenvalue weighted by Crippen LogP contribution is -2.60. The van der Waals surface area contributed by atoms with Crippen molar-refractivity contribution in [3.05, 3.63) is 48.6 Å². The minimum absolute atomic E-state index is 0.175. The molecule has 0 aromatic heterocycles. The number of carbonyl (C=O) groups excluding carboxylic acids is 2. The van der Waals surface area contributed by atoms with Crippen LogP contribution in [-0.2, 0) is 33.3 Å². The van der Waals surface area contributed by atoms with Crippen LogP contribution >= 0.6 is 0 Å². The topological polar surface area (TPSA) is 169 Å². The summed E-state index contributed by atoms with van der Waals surface area (Å²) in [5, 5.41) is 39.8. The number of rotatable bonds is 36. The predicted molar refractivity (Wildman–Crippen MR) is 224 cm³/mol. The number of unbranched alkanes of at least 4 members (excludes halogenated alkanes) is 17. The van der Waals surface area contributed by atoms with E-state index >= 15 is 0 Å². The monoisotopic (exact) mass is 807 g/mol. The van der Waals surface area contributed by atoms with Gasteiger partial charge in [-0.05, 0) is 51.4 Å². The summed E-state index contributed by atoms with van der Waals surface area (Å²) in [7, 11) is 0. The Hall–Kier alpha value is -2.83. The van der Waals surface area contributed by atoms with Crippen molar-refractivity contribution in [3.63, 3.8) is 0 Å². The van der Waals surface area contributed by atoms with E-state index in [1.165, 1.54) is 77.0 Å². The van der Waals surface area contributed by atoms with Crippen LogP contribution in [-0.4, -0.2) is 88.4 Å². The first-order valence-corrected chi connectivity index (χ1v) is 22.2. The molecule has 0 saturated carbocycles. The van der Waals surface area contributed by atoms with Gasteiger partial charge >= 0.3 is 17.9 Å². The van der Waals surface area contributed by atoms with Crippen molar-refractivity contribution in [2.75, 3.05) is 13.2 Å². The van der Waals surface area contributed by atoms with Gasteiger partial charge in [0, 0.05) is 12.8 Å². The second kappa shape index (κ2) is 36.3. The molecule has 57 heavy (non-hydrogen) atoms. The number of ether oxygens (including phenoxy) is 4. The Morgan fingerprint density at radius 1 is 0.561 bits per heavy atom. The van der Waals surface area contributed by atoms with Gasteiger partial charge in [-0.3, -0.25) is 9.59 Å². The largest absolute Gasteiger partial charge is 0.479 e. The normalized spacial score (nSPS) is 20.6. The summed E-state index contributed by atoms with van der Waals surface area (Å²) in [4.78, 5) is 36.8. The number of allylic oxidation sites excluding steroid dienone is 8. The molecule has 1 rings (SSSR count). The van der Waals surface area contributed by atoms with Gasteiger partial charge in [-0.1, -0.05) is 159 Å². The average Bonchev–Trinajstić information content (AvgIpc) is 3.19. The molecule has 11 heteroatoms. The van der Waals surface area contributed by atoms with Crippen LogP contribution < -0.4 is 0 Å². The Kier molecular flexibility index (Phi) is 33.2. The molecule has 0 radical (unpaired) electrons. The van der Waals surface area contributed by atoms with E-state index in [1.807, 2.05) is 0 Å². The third kappa shape index (κ3) is 28.3. The molecule has 4 N–H and O–H groups in total. The second-order valence-electron chi connectivity index (χ2n) is 15.2. The van der Waals surface area contributed by atoms with E-state index in [-0.39, 0.29) is 19.4 Å². The zero-order valence-corrected chi connectivity index (χ0v) is 35.3. The third-order valence-electron chi connectivity index (χ3n) is 9.94. The Balaban J connectivity index is 2.40. The standard InChI is InChI=1S/C46H78O11/c1-3-5-7-9-11-13-15-17-19-21-23-25-27-29-31-33-35-40(48)56-38(37-55-46-43(51)41(49)42(50)44(57-46)45(52)53)36-54-39(47)34-32-30-28-26-24-22-20-18-16-14-12-10-8-6-4-2/h6,8,12,14,18,20,24,26,38,41-44,46,49-51H,3-5,7,9-11,13,15-17,19,21-23,25,27-37H2,1-2H3,(H,52,53)/b8-6-,14-12-,20-18-,26-24-. The van der Waals surface area contributed by atoms with Crippen LogP contribution in [0.1, 0.15) is 174 Å². The van der Waals surface area contributed by atoms with Crippen LogP contribution in [0.3, 0.4) is 0 Å². The van der Waals surface area contributed by atoms with E-state index < -0.39 is 61.3 Å². The zero-order valence-electron chi connectivity index (χ0n) is 35.3. The molecule has 6 atom stereocenters. The molecule has 11 nitrogen and oxygen atoms in total. The van der Waals surface area contributed by atoms with Gasteiger partial charge in [0.05, 0.1) is 6.61 Å². The number of carbonyl (C=O) groups is 3. The first-order chi connectivity index (χ1) is 27.7. The summed E-state index contributed by atoms with van der Waals surface area (Å²) in [6.07, 6.45) is 33.1. The van der Waals surface area contributed by atoms with E-state index in [1.54, 1.807) is 0 Å². The minimum Gasteiger partial charge on any atom is -0.479 e.